The number of halogens is 1. The maximum absolute atomic E-state index is 13.0. The summed E-state index contributed by atoms with van der Waals surface area (Å²) in [5.41, 5.74) is 0.615. The highest BCUT2D eigenvalue weighted by atomic mass is 32.2. The molecule has 1 fully saturated rings. The van der Waals surface area contributed by atoms with E-state index in [4.69, 9.17) is 4.52 Å². The molecule has 0 saturated carbocycles. The lowest BCUT2D eigenvalue weighted by molar-refractivity contribution is -0.149. The predicted octanol–water partition coefficient (Wildman–Crippen LogP) is 1.30. The second-order valence-corrected chi connectivity index (χ2v) is 8.89. The summed E-state index contributed by atoms with van der Waals surface area (Å²) in [5.74, 6) is 0.130. The molecule has 2 aromatic rings. The number of carbonyl (C=O) groups is 1. The number of hydrazine groups is 1. The molecule has 0 N–H and O–H groups in total. The summed E-state index contributed by atoms with van der Waals surface area (Å²) in [5, 5.41) is 6.95. The van der Waals surface area contributed by atoms with Gasteiger partial charge in [-0.05, 0) is 30.7 Å². The predicted molar refractivity (Wildman–Crippen MR) is 95.6 cm³/mol. The van der Waals surface area contributed by atoms with Crippen LogP contribution in [0.1, 0.15) is 18.7 Å². The Labute approximate surface area is 156 Å². The van der Waals surface area contributed by atoms with E-state index in [0.717, 1.165) is 0 Å². The van der Waals surface area contributed by atoms with Crippen molar-refractivity contribution in [3.63, 3.8) is 0 Å². The lowest BCUT2D eigenvalue weighted by Crippen LogP contribution is -2.49. The average molecular weight is 396 g/mol. The Hall–Kier alpha value is -2.33. The summed E-state index contributed by atoms with van der Waals surface area (Å²) >= 11 is 0. The van der Waals surface area contributed by atoms with Gasteiger partial charge in [-0.1, -0.05) is 5.16 Å². The third-order valence-corrected chi connectivity index (χ3v) is 6.11. The molecule has 1 unspecified atom stereocenters. The zero-order chi connectivity index (χ0) is 19.6. The van der Waals surface area contributed by atoms with Gasteiger partial charge in [-0.15, -0.1) is 0 Å². The number of aromatic nitrogens is 2. The number of carbonyl (C=O) groups excluding carboxylic acids is 1. The third kappa shape index (κ3) is 4.69. The molecule has 8 nitrogen and oxygen atoms in total. The van der Waals surface area contributed by atoms with Crippen LogP contribution in [0.2, 0.25) is 0 Å². The Morgan fingerprint density at radius 1 is 1.30 bits per heavy atom. The van der Waals surface area contributed by atoms with Gasteiger partial charge in [0, 0.05) is 32.5 Å². The lowest BCUT2D eigenvalue weighted by atomic mass is 10.2. The minimum absolute atomic E-state index is 0.0216. The van der Waals surface area contributed by atoms with Crippen molar-refractivity contribution in [2.75, 3.05) is 25.6 Å². The average Bonchev–Trinajstić information content (AvgIpc) is 3.20. The molecule has 1 aliphatic rings. The monoisotopic (exact) mass is 396 g/mol. The van der Waals surface area contributed by atoms with Crippen LogP contribution in [0.5, 0.6) is 0 Å². The largest absolute Gasteiger partial charge is 0.339 e. The third-order valence-electron chi connectivity index (χ3n) is 4.36. The van der Waals surface area contributed by atoms with E-state index in [9.17, 15) is 17.6 Å². The van der Waals surface area contributed by atoms with E-state index in [-0.39, 0.29) is 42.1 Å². The smallest absolute Gasteiger partial charge is 0.237 e. The van der Waals surface area contributed by atoms with Crippen LogP contribution in [0, 0.1) is 5.82 Å². The second-order valence-electron chi connectivity index (χ2n) is 6.66. The first-order valence-electron chi connectivity index (χ1n) is 8.53. The normalized spacial score (nSPS) is 18.7. The Bertz CT molecular complexity index is 911. The summed E-state index contributed by atoms with van der Waals surface area (Å²) in [6.07, 6.45) is 0.776. The molecular weight excluding hydrogens is 375 g/mol. The van der Waals surface area contributed by atoms with Crippen LogP contribution in [0.15, 0.2) is 28.8 Å². The molecule has 1 amide bonds. The van der Waals surface area contributed by atoms with Gasteiger partial charge in [0.05, 0.1) is 17.5 Å². The molecule has 10 heteroatoms. The van der Waals surface area contributed by atoms with E-state index in [1.54, 1.807) is 31.2 Å². The zero-order valence-corrected chi connectivity index (χ0v) is 15.9. The molecule has 0 aliphatic carbocycles. The van der Waals surface area contributed by atoms with Gasteiger partial charge in [0.25, 0.3) is 0 Å². The number of amides is 1. The van der Waals surface area contributed by atoms with Gasteiger partial charge in [0.1, 0.15) is 5.82 Å². The number of aryl methyl sites for hydroxylation is 1. The van der Waals surface area contributed by atoms with Crippen molar-refractivity contribution in [3.8, 4) is 11.4 Å². The fraction of sp³-hybridized carbons (Fsp3) is 0.471. The Balaban J connectivity index is 1.63. The van der Waals surface area contributed by atoms with E-state index in [1.807, 2.05) is 0 Å². The van der Waals surface area contributed by atoms with Crippen molar-refractivity contribution in [1.82, 2.24) is 20.2 Å². The van der Waals surface area contributed by atoms with Gasteiger partial charge in [0.2, 0.25) is 17.6 Å². The van der Waals surface area contributed by atoms with E-state index >= 15 is 0 Å². The van der Waals surface area contributed by atoms with Gasteiger partial charge in [-0.3, -0.25) is 9.80 Å². The highest BCUT2D eigenvalue weighted by Gasteiger charge is 2.35. The summed E-state index contributed by atoms with van der Waals surface area (Å²) < 4.78 is 41.6. The molecule has 146 valence electrons. The molecular formula is C17H21FN4O4S. The molecule has 27 heavy (non-hydrogen) atoms. The molecule has 0 radical (unpaired) electrons. The quantitative estimate of drug-likeness (QED) is 0.679. The van der Waals surface area contributed by atoms with Gasteiger partial charge in [-0.25, -0.2) is 17.8 Å². The van der Waals surface area contributed by atoms with Gasteiger partial charge < -0.3 is 4.52 Å². The van der Waals surface area contributed by atoms with Crippen LogP contribution in [-0.2, 0) is 21.1 Å². The van der Waals surface area contributed by atoms with Crippen LogP contribution in [0.4, 0.5) is 4.39 Å². The number of rotatable bonds is 6. The van der Waals surface area contributed by atoms with Gasteiger partial charge in [0.15, 0.2) is 9.84 Å². The molecule has 1 saturated heterocycles. The first-order chi connectivity index (χ1) is 12.7. The van der Waals surface area contributed by atoms with Crippen LogP contribution in [0.25, 0.3) is 11.4 Å². The Morgan fingerprint density at radius 3 is 2.59 bits per heavy atom. The first-order valence-corrected chi connectivity index (χ1v) is 10.4. The van der Waals surface area contributed by atoms with Gasteiger partial charge >= 0.3 is 0 Å². The summed E-state index contributed by atoms with van der Waals surface area (Å²) in [7, 11) is 0.328. The fourth-order valence-corrected chi connectivity index (χ4v) is 4.81. The van der Waals surface area contributed by atoms with Crippen molar-refractivity contribution >= 4 is 15.7 Å². The van der Waals surface area contributed by atoms with Crippen molar-refractivity contribution < 1.29 is 22.1 Å². The molecule has 0 spiro atoms. The minimum atomic E-state index is -3.09. The van der Waals surface area contributed by atoms with E-state index in [1.165, 1.54) is 17.1 Å². The lowest BCUT2D eigenvalue weighted by Gasteiger charge is -2.33. The molecule has 1 aromatic heterocycles. The standard InChI is InChI=1S/C17H21FN4O4S/c1-21(2)22(14-9-10-27(24,25)11-14)16(23)8-7-15-19-17(20-26-15)12-3-5-13(18)6-4-12/h3-6,14H,7-11H2,1-2H3. The molecule has 2 heterocycles. The molecule has 0 bridgehead atoms. The van der Waals surface area contributed by atoms with Crippen LogP contribution >= 0.6 is 0 Å². The first kappa shape index (κ1) is 19.4. The van der Waals surface area contributed by atoms with Crippen LogP contribution in [0.3, 0.4) is 0 Å². The summed E-state index contributed by atoms with van der Waals surface area (Å²) in [6.45, 7) is 0. The van der Waals surface area contributed by atoms with Crippen molar-refractivity contribution in [1.29, 1.82) is 0 Å². The minimum Gasteiger partial charge on any atom is -0.339 e. The second kappa shape index (κ2) is 7.73. The molecule has 3 rings (SSSR count). The number of sulfone groups is 1. The SMILES string of the molecule is CN(C)N(C(=O)CCc1nc(-c2ccc(F)cc2)no1)C1CCS(=O)(=O)C1. The number of benzene rings is 1. The molecule has 1 atom stereocenters. The maximum Gasteiger partial charge on any atom is 0.237 e. The molecule has 1 aliphatic heterocycles. The number of hydrogen-bond donors (Lipinski definition) is 0. The fourth-order valence-electron chi connectivity index (χ4n) is 3.12. The Kier molecular flexibility index (Phi) is 5.56. The van der Waals surface area contributed by atoms with E-state index in [0.29, 0.717) is 23.7 Å². The van der Waals surface area contributed by atoms with Gasteiger partial charge in [-0.2, -0.15) is 4.98 Å². The van der Waals surface area contributed by atoms with Crippen molar-refractivity contribution in [2.24, 2.45) is 0 Å². The highest BCUT2D eigenvalue weighted by Crippen LogP contribution is 2.20. The summed E-state index contributed by atoms with van der Waals surface area (Å²) in [6, 6.07) is 5.35. The van der Waals surface area contributed by atoms with Crippen molar-refractivity contribution in [3.05, 3.63) is 36.0 Å². The zero-order valence-electron chi connectivity index (χ0n) is 15.1. The highest BCUT2D eigenvalue weighted by molar-refractivity contribution is 7.91. The topological polar surface area (TPSA) is 96.6 Å². The van der Waals surface area contributed by atoms with E-state index in [2.05, 4.69) is 10.1 Å². The number of nitrogens with zero attached hydrogens (tertiary/aromatic N) is 4. The summed E-state index contributed by atoms with van der Waals surface area (Å²) in [4.78, 5) is 16.9. The molecule has 1 aromatic carbocycles. The maximum atomic E-state index is 13.0. The van der Waals surface area contributed by atoms with Crippen LogP contribution in [-0.4, -0.2) is 66.1 Å². The van der Waals surface area contributed by atoms with Crippen molar-refractivity contribution in [2.45, 2.75) is 25.3 Å². The number of hydrogen-bond acceptors (Lipinski definition) is 7. The Morgan fingerprint density at radius 2 is 2.00 bits per heavy atom. The van der Waals surface area contributed by atoms with Crippen LogP contribution < -0.4 is 0 Å². The van der Waals surface area contributed by atoms with E-state index < -0.39 is 9.84 Å².